The van der Waals surface area contributed by atoms with Crippen molar-refractivity contribution in [2.45, 2.75) is 19.4 Å². The Hall–Kier alpha value is -0.100. The summed E-state index contributed by atoms with van der Waals surface area (Å²) in [6, 6.07) is 10.2. The number of hydrogen-bond acceptors (Lipinski definition) is 2. The van der Waals surface area contributed by atoms with Crippen LogP contribution in [0.3, 0.4) is 0 Å². The van der Waals surface area contributed by atoms with Crippen molar-refractivity contribution in [3.8, 4) is 0 Å². The molecule has 4 heteroatoms. The highest BCUT2D eigenvalue weighted by molar-refractivity contribution is 14.1. The fourth-order valence-corrected chi connectivity index (χ4v) is 3.13. The molecule has 2 rings (SSSR count). The summed E-state index contributed by atoms with van der Waals surface area (Å²) in [5.74, 6) is 0. The van der Waals surface area contributed by atoms with E-state index in [1.165, 1.54) is 9.75 Å². The van der Waals surface area contributed by atoms with Crippen LogP contribution in [0.15, 0.2) is 30.3 Å². The Kier molecular flexibility index (Phi) is 4.47. The second-order valence-corrected chi connectivity index (χ2v) is 6.58. The van der Waals surface area contributed by atoms with E-state index < -0.39 is 0 Å². The summed E-state index contributed by atoms with van der Waals surface area (Å²) in [6.45, 7) is 2.16. The fourth-order valence-electron chi connectivity index (χ4n) is 1.62. The van der Waals surface area contributed by atoms with E-state index in [9.17, 15) is 0 Å². The largest absolute Gasteiger partial charge is 0.320 e. The SMILES string of the molecule is CCc1ccc(C(N)c2ccc(I)c(Cl)c2)s1. The zero-order valence-electron chi connectivity index (χ0n) is 9.41. The summed E-state index contributed by atoms with van der Waals surface area (Å²) in [7, 11) is 0. The van der Waals surface area contributed by atoms with E-state index in [4.69, 9.17) is 17.3 Å². The molecule has 0 aliphatic rings. The molecule has 1 nitrogen and oxygen atoms in total. The Bertz CT molecular complexity index is 524. The smallest absolute Gasteiger partial charge is 0.0646 e. The van der Waals surface area contributed by atoms with Crippen molar-refractivity contribution in [3.05, 3.63) is 54.2 Å². The zero-order chi connectivity index (χ0) is 12.4. The third kappa shape index (κ3) is 3.02. The first kappa shape index (κ1) is 13.3. The minimum Gasteiger partial charge on any atom is -0.320 e. The maximum absolute atomic E-state index is 6.25. The van der Waals surface area contributed by atoms with Gasteiger partial charge in [-0.2, -0.15) is 0 Å². The monoisotopic (exact) mass is 377 g/mol. The average molecular weight is 378 g/mol. The van der Waals surface area contributed by atoms with Crippen LogP contribution in [0, 0.1) is 3.57 Å². The molecule has 0 amide bonds. The highest BCUT2D eigenvalue weighted by atomic mass is 127. The van der Waals surface area contributed by atoms with E-state index in [-0.39, 0.29) is 6.04 Å². The number of rotatable bonds is 3. The summed E-state index contributed by atoms with van der Waals surface area (Å²) in [5, 5.41) is 0.769. The highest BCUT2D eigenvalue weighted by Gasteiger charge is 2.12. The van der Waals surface area contributed by atoms with Gasteiger partial charge in [0.25, 0.3) is 0 Å². The Morgan fingerprint density at radius 1 is 1.35 bits per heavy atom. The molecule has 2 N–H and O–H groups in total. The van der Waals surface area contributed by atoms with Crippen LogP contribution in [-0.2, 0) is 6.42 Å². The second kappa shape index (κ2) is 5.69. The average Bonchev–Trinajstić information content (AvgIpc) is 2.80. The standard InChI is InChI=1S/C13H13ClINS/c1-2-9-4-6-12(17-9)13(16)8-3-5-11(15)10(14)7-8/h3-7,13H,2,16H2,1H3. The van der Waals surface area contributed by atoms with Gasteiger partial charge in [0.05, 0.1) is 11.1 Å². The van der Waals surface area contributed by atoms with Crippen molar-refractivity contribution in [2.24, 2.45) is 5.73 Å². The number of hydrogen-bond donors (Lipinski definition) is 1. The highest BCUT2D eigenvalue weighted by Crippen LogP contribution is 2.29. The molecule has 0 spiro atoms. The predicted molar refractivity (Wildman–Crippen MR) is 83.9 cm³/mol. The van der Waals surface area contributed by atoms with Crippen LogP contribution in [0.4, 0.5) is 0 Å². The van der Waals surface area contributed by atoms with Crippen molar-refractivity contribution in [1.82, 2.24) is 0 Å². The van der Waals surface area contributed by atoms with Crippen molar-refractivity contribution in [1.29, 1.82) is 0 Å². The maximum atomic E-state index is 6.25. The van der Waals surface area contributed by atoms with Crippen LogP contribution in [0.2, 0.25) is 5.02 Å². The van der Waals surface area contributed by atoms with Gasteiger partial charge in [-0.05, 0) is 58.8 Å². The lowest BCUT2D eigenvalue weighted by molar-refractivity contribution is 0.893. The molecule has 0 aliphatic carbocycles. The van der Waals surface area contributed by atoms with Gasteiger partial charge in [-0.15, -0.1) is 11.3 Å². The first-order valence-corrected chi connectivity index (χ1v) is 7.68. The van der Waals surface area contributed by atoms with Gasteiger partial charge in [-0.3, -0.25) is 0 Å². The van der Waals surface area contributed by atoms with Crippen LogP contribution >= 0.6 is 45.5 Å². The molecule has 0 fully saturated rings. The van der Waals surface area contributed by atoms with E-state index in [1.54, 1.807) is 11.3 Å². The van der Waals surface area contributed by atoms with E-state index in [1.807, 2.05) is 18.2 Å². The Morgan fingerprint density at radius 3 is 2.71 bits per heavy atom. The lowest BCUT2D eigenvalue weighted by Gasteiger charge is -2.11. The molecule has 2 aromatic rings. The van der Waals surface area contributed by atoms with Crippen LogP contribution in [-0.4, -0.2) is 0 Å². The first-order valence-electron chi connectivity index (χ1n) is 5.41. The van der Waals surface area contributed by atoms with E-state index in [0.29, 0.717) is 0 Å². The van der Waals surface area contributed by atoms with E-state index in [0.717, 1.165) is 20.6 Å². The fraction of sp³-hybridized carbons (Fsp3) is 0.231. The molecule has 17 heavy (non-hydrogen) atoms. The Balaban J connectivity index is 2.29. The molecule has 1 aromatic heterocycles. The van der Waals surface area contributed by atoms with Gasteiger partial charge in [-0.1, -0.05) is 24.6 Å². The summed E-state index contributed by atoms with van der Waals surface area (Å²) in [6.07, 6.45) is 1.06. The molecule has 1 heterocycles. The topological polar surface area (TPSA) is 26.0 Å². The zero-order valence-corrected chi connectivity index (χ0v) is 13.1. The second-order valence-electron chi connectivity index (χ2n) is 3.81. The Labute approximate surface area is 124 Å². The van der Waals surface area contributed by atoms with Crippen molar-refractivity contribution in [2.75, 3.05) is 0 Å². The van der Waals surface area contributed by atoms with Crippen LogP contribution in [0.25, 0.3) is 0 Å². The van der Waals surface area contributed by atoms with Crippen LogP contribution < -0.4 is 5.73 Å². The molecule has 1 atom stereocenters. The minimum atomic E-state index is -0.0743. The molecule has 0 aliphatic heterocycles. The van der Waals surface area contributed by atoms with Crippen LogP contribution in [0.1, 0.15) is 28.3 Å². The third-order valence-electron chi connectivity index (χ3n) is 2.64. The van der Waals surface area contributed by atoms with Crippen molar-refractivity contribution >= 4 is 45.5 Å². The quantitative estimate of drug-likeness (QED) is 0.776. The molecular weight excluding hydrogens is 365 g/mol. The molecule has 1 aromatic carbocycles. The Morgan fingerprint density at radius 2 is 2.12 bits per heavy atom. The molecule has 1 unspecified atom stereocenters. The summed E-state index contributed by atoms with van der Waals surface area (Å²) >= 11 is 10.1. The number of benzene rings is 1. The number of nitrogens with two attached hydrogens (primary N) is 1. The number of thiophene rings is 1. The molecule has 0 saturated carbocycles. The summed E-state index contributed by atoms with van der Waals surface area (Å²) in [5.41, 5.74) is 7.32. The van der Waals surface area contributed by atoms with Gasteiger partial charge in [0.2, 0.25) is 0 Å². The molecule has 0 radical (unpaired) electrons. The number of aryl methyl sites for hydroxylation is 1. The van der Waals surface area contributed by atoms with Gasteiger partial charge in [0, 0.05) is 13.3 Å². The van der Waals surface area contributed by atoms with Gasteiger partial charge in [0.1, 0.15) is 0 Å². The third-order valence-corrected chi connectivity index (χ3v) is 5.53. The van der Waals surface area contributed by atoms with Gasteiger partial charge >= 0.3 is 0 Å². The van der Waals surface area contributed by atoms with Gasteiger partial charge < -0.3 is 5.73 Å². The molecular formula is C13H13ClINS. The number of halogens is 2. The van der Waals surface area contributed by atoms with Crippen LogP contribution in [0.5, 0.6) is 0 Å². The molecule has 0 bridgehead atoms. The molecule has 90 valence electrons. The summed E-state index contributed by atoms with van der Waals surface area (Å²) < 4.78 is 1.06. The van der Waals surface area contributed by atoms with Gasteiger partial charge in [-0.25, -0.2) is 0 Å². The van der Waals surface area contributed by atoms with E-state index >= 15 is 0 Å². The first-order chi connectivity index (χ1) is 8.11. The lowest BCUT2D eigenvalue weighted by Crippen LogP contribution is -2.10. The molecule has 0 saturated heterocycles. The minimum absolute atomic E-state index is 0.0743. The summed E-state index contributed by atoms with van der Waals surface area (Å²) in [4.78, 5) is 2.56. The van der Waals surface area contributed by atoms with E-state index in [2.05, 4.69) is 41.6 Å². The van der Waals surface area contributed by atoms with Gasteiger partial charge in [0.15, 0.2) is 0 Å². The lowest BCUT2D eigenvalue weighted by atomic mass is 10.1. The maximum Gasteiger partial charge on any atom is 0.0646 e. The van der Waals surface area contributed by atoms with Crippen molar-refractivity contribution in [3.63, 3.8) is 0 Å². The normalized spacial score (nSPS) is 12.7. The van der Waals surface area contributed by atoms with Crippen molar-refractivity contribution < 1.29 is 0 Å². The predicted octanol–water partition coefficient (Wildman–Crippen LogP) is 4.62.